The average molecular weight is 635 g/mol. The van der Waals surface area contributed by atoms with E-state index in [9.17, 15) is 0 Å². The Balaban J connectivity index is 1.88. The molecule has 0 radical (unpaired) electrons. The smallest absolute Gasteiger partial charge is 0.0639 e. The van der Waals surface area contributed by atoms with Gasteiger partial charge in [0.05, 0.1) is 22.8 Å². The lowest BCUT2D eigenvalue weighted by Crippen LogP contribution is -2.09. The zero-order valence-corrected chi connectivity index (χ0v) is 31.3. The first-order valence-corrected chi connectivity index (χ1v) is 19.4. The van der Waals surface area contributed by atoms with Crippen molar-refractivity contribution < 1.29 is 0 Å². The van der Waals surface area contributed by atoms with Crippen molar-refractivity contribution in [1.29, 1.82) is 0 Å². The second-order valence-corrected chi connectivity index (χ2v) is 13.8. The Kier molecular flexibility index (Phi) is 17.8. The zero-order chi connectivity index (χ0) is 33.9. The summed E-state index contributed by atoms with van der Waals surface area (Å²) in [6, 6.07) is 20.2. The second kappa shape index (κ2) is 21.8. The largest absolute Gasteiger partial charge is 0.252 e. The van der Waals surface area contributed by atoms with E-state index in [1.807, 2.05) is 0 Å². The third kappa shape index (κ3) is 12.9. The second-order valence-electron chi connectivity index (χ2n) is 13.8. The lowest BCUT2D eigenvalue weighted by Gasteiger charge is -2.16. The fourth-order valence-corrected chi connectivity index (χ4v) is 7.01. The quantitative estimate of drug-likeness (QED) is 0.0776. The number of unbranched alkanes of at least 4 members (excludes halogenated alkanes) is 11. The molecule has 0 spiro atoms. The van der Waals surface area contributed by atoms with E-state index in [0.717, 1.165) is 42.1 Å². The number of benzene rings is 3. The van der Waals surface area contributed by atoms with Crippen molar-refractivity contribution in [2.24, 2.45) is 9.98 Å². The fourth-order valence-electron chi connectivity index (χ4n) is 7.01. The van der Waals surface area contributed by atoms with Crippen molar-refractivity contribution >= 4 is 22.8 Å². The van der Waals surface area contributed by atoms with Crippen LogP contribution in [0.25, 0.3) is 11.1 Å². The molecule has 2 nitrogen and oxygen atoms in total. The van der Waals surface area contributed by atoms with Gasteiger partial charge in [0.2, 0.25) is 0 Å². The minimum atomic E-state index is 0.860. The third-order valence-corrected chi connectivity index (χ3v) is 9.71. The minimum Gasteiger partial charge on any atom is -0.252 e. The molecule has 0 amide bonds. The Bertz CT molecular complexity index is 1400. The van der Waals surface area contributed by atoms with Crippen LogP contribution in [0.4, 0.5) is 11.4 Å². The van der Waals surface area contributed by atoms with Gasteiger partial charge in [0.1, 0.15) is 0 Å². The van der Waals surface area contributed by atoms with Crippen LogP contribution in [-0.2, 0) is 19.3 Å². The molecule has 0 atom stereocenters. The zero-order valence-electron chi connectivity index (χ0n) is 31.3. The van der Waals surface area contributed by atoms with Crippen LogP contribution in [0.1, 0.15) is 159 Å². The molecule has 3 aromatic carbocycles. The highest BCUT2D eigenvalue weighted by atomic mass is 14.8. The Morgan fingerprint density at radius 3 is 1.70 bits per heavy atom. The molecule has 0 unspecified atom stereocenters. The molecule has 0 saturated carbocycles. The standard InChI is InChI=1S/C45H66N2/c1-8-12-15-17-19-22-29-40-34-42(32-36(6)45(40)38-27-23-21-24-28-38)47-44(11-4)37(7)46-41-31-35(5)43(39(33-41)26-14-10-3)30-25-20-18-16-13-9-2/h21,23-24,27-28,31-34H,8-20,22,25-26,29-30H2,1-7H3. The van der Waals surface area contributed by atoms with Crippen LogP contribution >= 0.6 is 0 Å². The van der Waals surface area contributed by atoms with E-state index in [1.54, 1.807) is 5.56 Å². The molecule has 2 heteroatoms. The lowest BCUT2D eigenvalue weighted by molar-refractivity contribution is 0.605. The van der Waals surface area contributed by atoms with Crippen LogP contribution in [0.2, 0.25) is 0 Å². The predicted octanol–water partition coefficient (Wildman–Crippen LogP) is 14.4. The maximum absolute atomic E-state index is 5.27. The summed E-state index contributed by atoms with van der Waals surface area (Å²) in [4.78, 5) is 10.5. The molecule has 0 aliphatic carbocycles. The third-order valence-electron chi connectivity index (χ3n) is 9.71. The number of nitrogens with zero attached hydrogens (tertiary/aromatic N) is 2. The SMILES string of the molecule is CCCCCCCCc1cc(N=C(CC)C(C)=Nc2cc(C)c(CCCCCCCC)c(CCCC)c2)cc(C)c1-c1ccccc1. The van der Waals surface area contributed by atoms with Gasteiger partial charge in [-0.05, 0) is 129 Å². The summed E-state index contributed by atoms with van der Waals surface area (Å²) in [5.74, 6) is 0. The first kappa shape index (κ1) is 38.4. The van der Waals surface area contributed by atoms with Gasteiger partial charge in [-0.1, -0.05) is 129 Å². The summed E-state index contributed by atoms with van der Waals surface area (Å²) in [6.45, 7) is 15.8. The van der Waals surface area contributed by atoms with E-state index >= 15 is 0 Å². The number of aryl methyl sites for hydroxylation is 4. The van der Waals surface area contributed by atoms with E-state index in [-0.39, 0.29) is 0 Å². The molecule has 0 heterocycles. The number of rotatable bonds is 22. The normalized spacial score (nSPS) is 12.2. The first-order valence-electron chi connectivity index (χ1n) is 19.4. The van der Waals surface area contributed by atoms with Gasteiger partial charge in [0.15, 0.2) is 0 Å². The molecule has 47 heavy (non-hydrogen) atoms. The van der Waals surface area contributed by atoms with Gasteiger partial charge in [0, 0.05) is 0 Å². The molecule has 0 aliphatic heterocycles. The molecule has 256 valence electrons. The summed E-state index contributed by atoms with van der Waals surface area (Å²) in [7, 11) is 0. The van der Waals surface area contributed by atoms with Crippen LogP contribution in [0.15, 0.2) is 64.6 Å². The van der Waals surface area contributed by atoms with Crippen molar-refractivity contribution in [3.8, 4) is 11.1 Å². The molecule has 0 aliphatic rings. The number of hydrogen-bond acceptors (Lipinski definition) is 2. The van der Waals surface area contributed by atoms with Gasteiger partial charge in [-0.15, -0.1) is 0 Å². The molecular formula is C45H66N2. The Labute approximate surface area is 289 Å². The van der Waals surface area contributed by atoms with Gasteiger partial charge in [-0.2, -0.15) is 0 Å². The molecule has 0 saturated heterocycles. The number of aliphatic imine (C=N–C) groups is 2. The summed E-state index contributed by atoms with van der Waals surface area (Å²) in [6.07, 6.45) is 22.7. The fraction of sp³-hybridized carbons (Fsp3) is 0.556. The van der Waals surface area contributed by atoms with E-state index in [1.165, 1.54) is 130 Å². The maximum atomic E-state index is 5.27. The minimum absolute atomic E-state index is 0.860. The highest BCUT2D eigenvalue weighted by Crippen LogP contribution is 2.33. The highest BCUT2D eigenvalue weighted by molar-refractivity contribution is 6.42. The molecule has 3 rings (SSSR count). The summed E-state index contributed by atoms with van der Waals surface area (Å²) >= 11 is 0. The van der Waals surface area contributed by atoms with Gasteiger partial charge in [-0.25, -0.2) is 0 Å². The highest BCUT2D eigenvalue weighted by Gasteiger charge is 2.13. The molecule has 0 bridgehead atoms. The lowest BCUT2D eigenvalue weighted by atomic mass is 9.91. The maximum Gasteiger partial charge on any atom is 0.0639 e. The van der Waals surface area contributed by atoms with Crippen molar-refractivity contribution in [3.05, 3.63) is 82.4 Å². The van der Waals surface area contributed by atoms with Crippen LogP contribution < -0.4 is 0 Å². The van der Waals surface area contributed by atoms with Crippen molar-refractivity contribution in [3.63, 3.8) is 0 Å². The number of hydrogen-bond donors (Lipinski definition) is 0. The summed E-state index contributed by atoms with van der Waals surface area (Å²) in [5, 5.41) is 0. The van der Waals surface area contributed by atoms with Crippen molar-refractivity contribution in [2.75, 3.05) is 0 Å². The topological polar surface area (TPSA) is 24.7 Å². The van der Waals surface area contributed by atoms with E-state index < -0.39 is 0 Å². The van der Waals surface area contributed by atoms with E-state index in [2.05, 4.69) is 103 Å². The molecular weight excluding hydrogens is 569 g/mol. The molecule has 3 aromatic rings. The molecule has 0 N–H and O–H groups in total. The van der Waals surface area contributed by atoms with Gasteiger partial charge in [-0.3, -0.25) is 9.98 Å². The van der Waals surface area contributed by atoms with Crippen LogP contribution in [-0.4, -0.2) is 11.4 Å². The molecule has 0 aromatic heterocycles. The van der Waals surface area contributed by atoms with E-state index in [4.69, 9.17) is 9.98 Å². The first-order chi connectivity index (χ1) is 22.9. The Morgan fingerprint density at radius 1 is 0.532 bits per heavy atom. The molecule has 0 fully saturated rings. The van der Waals surface area contributed by atoms with Crippen molar-refractivity contribution in [2.45, 2.75) is 164 Å². The summed E-state index contributed by atoms with van der Waals surface area (Å²) in [5.41, 5.74) is 14.2. The Hall–Kier alpha value is -3.00. The van der Waals surface area contributed by atoms with Gasteiger partial charge in [0.25, 0.3) is 0 Å². The average Bonchev–Trinajstić information content (AvgIpc) is 3.06. The van der Waals surface area contributed by atoms with Crippen LogP contribution in [0, 0.1) is 13.8 Å². The van der Waals surface area contributed by atoms with E-state index in [0.29, 0.717) is 0 Å². The monoisotopic (exact) mass is 635 g/mol. The Morgan fingerprint density at radius 2 is 1.06 bits per heavy atom. The predicted molar refractivity (Wildman–Crippen MR) is 211 cm³/mol. The van der Waals surface area contributed by atoms with Gasteiger partial charge < -0.3 is 0 Å². The van der Waals surface area contributed by atoms with Crippen LogP contribution in [0.3, 0.4) is 0 Å². The summed E-state index contributed by atoms with van der Waals surface area (Å²) < 4.78 is 0. The van der Waals surface area contributed by atoms with Gasteiger partial charge >= 0.3 is 0 Å². The van der Waals surface area contributed by atoms with Crippen molar-refractivity contribution in [1.82, 2.24) is 0 Å². The van der Waals surface area contributed by atoms with Crippen LogP contribution in [0.5, 0.6) is 0 Å².